The number of aromatic nitrogens is 2. The molecule has 2 aromatic carbocycles. The first-order chi connectivity index (χ1) is 13.9. The van der Waals surface area contributed by atoms with Crippen LogP contribution >= 0.6 is 11.6 Å². The third-order valence-corrected chi connectivity index (χ3v) is 4.56. The first kappa shape index (κ1) is 20.6. The molecule has 0 radical (unpaired) electrons. The van der Waals surface area contributed by atoms with E-state index in [2.05, 4.69) is 5.10 Å². The normalized spacial score (nSPS) is 11.1. The van der Waals surface area contributed by atoms with E-state index < -0.39 is 5.82 Å². The van der Waals surface area contributed by atoms with E-state index in [4.69, 9.17) is 21.1 Å². The molecule has 0 saturated heterocycles. The number of nitrogens with zero attached hydrogens (tertiary/aromatic N) is 2. The molecule has 0 saturated carbocycles. The Morgan fingerprint density at radius 1 is 1.21 bits per heavy atom. The molecule has 0 fully saturated rings. The maximum atomic E-state index is 13.2. The van der Waals surface area contributed by atoms with Gasteiger partial charge in [0.2, 0.25) is 5.78 Å². The minimum atomic E-state index is -0.430. The highest BCUT2D eigenvalue weighted by Crippen LogP contribution is 2.28. The van der Waals surface area contributed by atoms with E-state index in [0.29, 0.717) is 17.2 Å². The van der Waals surface area contributed by atoms with Crippen LogP contribution in [-0.4, -0.2) is 22.7 Å². The summed E-state index contributed by atoms with van der Waals surface area (Å²) in [5.41, 5.74) is 2.87. The highest BCUT2D eigenvalue weighted by molar-refractivity contribution is 6.32. The summed E-state index contributed by atoms with van der Waals surface area (Å²) in [6.07, 6.45) is 3.22. The number of ether oxygens (including phenoxy) is 2. The first-order valence-corrected chi connectivity index (χ1v) is 9.23. The maximum absolute atomic E-state index is 13.2. The summed E-state index contributed by atoms with van der Waals surface area (Å²) in [4.78, 5) is 12.4. The molecule has 0 aliphatic rings. The fourth-order valence-electron chi connectivity index (χ4n) is 2.86. The quantitative estimate of drug-likeness (QED) is 0.403. The standard InChI is InChI=1S/C22H20ClFN2O3/c1-14-10-19(26(2)25-14)20(27)7-4-15-5-8-21(28-3)16(11-15)13-29-22-9-6-17(24)12-18(22)23/h4-12H,13H2,1-3H3/b7-4+. The second-order valence-electron chi connectivity index (χ2n) is 6.43. The Morgan fingerprint density at radius 3 is 2.62 bits per heavy atom. The fraction of sp³-hybridized carbons (Fsp3) is 0.182. The fourth-order valence-corrected chi connectivity index (χ4v) is 3.08. The Hall–Kier alpha value is -3.12. The summed E-state index contributed by atoms with van der Waals surface area (Å²) >= 11 is 6.01. The van der Waals surface area contributed by atoms with Crippen molar-refractivity contribution in [2.45, 2.75) is 13.5 Å². The van der Waals surface area contributed by atoms with Crippen molar-refractivity contribution in [2.24, 2.45) is 7.05 Å². The Balaban J connectivity index is 1.77. The SMILES string of the molecule is COc1ccc(/C=C/C(=O)c2cc(C)nn2C)cc1COc1ccc(F)cc1Cl. The van der Waals surface area contributed by atoms with E-state index in [0.717, 1.165) is 16.8 Å². The van der Waals surface area contributed by atoms with Gasteiger partial charge in [0.25, 0.3) is 0 Å². The van der Waals surface area contributed by atoms with Gasteiger partial charge in [0, 0.05) is 12.6 Å². The molecule has 3 rings (SSSR count). The smallest absolute Gasteiger partial charge is 0.203 e. The lowest BCUT2D eigenvalue weighted by Gasteiger charge is -2.12. The van der Waals surface area contributed by atoms with Crippen molar-refractivity contribution >= 4 is 23.5 Å². The largest absolute Gasteiger partial charge is 0.496 e. The van der Waals surface area contributed by atoms with E-state index in [1.807, 2.05) is 19.1 Å². The van der Waals surface area contributed by atoms with Gasteiger partial charge in [0.15, 0.2) is 0 Å². The number of aryl methyl sites for hydroxylation is 2. The predicted octanol–water partition coefficient (Wildman–Crippen LogP) is 5.00. The number of methoxy groups -OCH3 is 1. The topological polar surface area (TPSA) is 53.3 Å². The first-order valence-electron chi connectivity index (χ1n) is 8.85. The van der Waals surface area contributed by atoms with Crippen LogP contribution in [0.15, 0.2) is 48.5 Å². The van der Waals surface area contributed by atoms with Gasteiger partial charge in [-0.2, -0.15) is 5.10 Å². The van der Waals surface area contributed by atoms with Gasteiger partial charge in [-0.25, -0.2) is 4.39 Å². The second kappa shape index (κ2) is 8.92. The minimum Gasteiger partial charge on any atom is -0.496 e. The zero-order chi connectivity index (χ0) is 21.0. The summed E-state index contributed by atoms with van der Waals surface area (Å²) in [5.74, 6) is 0.437. The summed E-state index contributed by atoms with van der Waals surface area (Å²) in [6.45, 7) is 2.01. The van der Waals surface area contributed by atoms with Crippen molar-refractivity contribution in [3.8, 4) is 11.5 Å². The van der Waals surface area contributed by atoms with E-state index in [-0.39, 0.29) is 17.4 Å². The van der Waals surface area contributed by atoms with Crippen molar-refractivity contribution in [1.29, 1.82) is 0 Å². The van der Waals surface area contributed by atoms with Crippen LogP contribution in [0.2, 0.25) is 5.02 Å². The lowest BCUT2D eigenvalue weighted by molar-refractivity contribution is 0.103. The Labute approximate surface area is 173 Å². The number of carbonyl (C=O) groups is 1. The third kappa shape index (κ3) is 5.03. The zero-order valence-corrected chi connectivity index (χ0v) is 17.0. The molecule has 0 spiro atoms. The van der Waals surface area contributed by atoms with Gasteiger partial charge in [-0.05, 0) is 55.0 Å². The highest BCUT2D eigenvalue weighted by atomic mass is 35.5. The third-order valence-electron chi connectivity index (χ3n) is 4.26. The van der Waals surface area contributed by atoms with Gasteiger partial charge in [-0.3, -0.25) is 9.48 Å². The molecule has 0 amide bonds. The van der Waals surface area contributed by atoms with Crippen LogP contribution in [0, 0.1) is 12.7 Å². The summed E-state index contributed by atoms with van der Waals surface area (Å²) in [7, 11) is 3.30. The Morgan fingerprint density at radius 2 is 1.97 bits per heavy atom. The molecular weight excluding hydrogens is 395 g/mol. The van der Waals surface area contributed by atoms with E-state index in [9.17, 15) is 9.18 Å². The number of rotatable bonds is 7. The molecule has 0 aliphatic carbocycles. The molecule has 3 aromatic rings. The maximum Gasteiger partial charge on any atom is 0.203 e. The predicted molar refractivity (Wildman–Crippen MR) is 110 cm³/mol. The summed E-state index contributed by atoms with van der Waals surface area (Å²) in [5, 5.41) is 4.38. The van der Waals surface area contributed by atoms with Crippen molar-refractivity contribution in [1.82, 2.24) is 9.78 Å². The summed E-state index contributed by atoms with van der Waals surface area (Å²) in [6, 6.07) is 11.2. The molecule has 0 aliphatic heterocycles. The van der Waals surface area contributed by atoms with Gasteiger partial charge in [-0.1, -0.05) is 23.7 Å². The molecule has 0 bridgehead atoms. The number of hydrogen-bond acceptors (Lipinski definition) is 4. The molecule has 29 heavy (non-hydrogen) atoms. The number of benzene rings is 2. The molecule has 5 nitrogen and oxygen atoms in total. The van der Waals surface area contributed by atoms with E-state index >= 15 is 0 Å². The van der Waals surface area contributed by atoms with Crippen LogP contribution in [-0.2, 0) is 13.7 Å². The van der Waals surface area contributed by atoms with Crippen LogP contribution < -0.4 is 9.47 Å². The van der Waals surface area contributed by atoms with Gasteiger partial charge >= 0.3 is 0 Å². The average Bonchev–Trinajstić information content (AvgIpc) is 3.03. The molecular formula is C22H20ClFN2O3. The number of ketones is 1. The van der Waals surface area contributed by atoms with E-state index in [1.54, 1.807) is 37.0 Å². The lowest BCUT2D eigenvalue weighted by atomic mass is 10.1. The number of halogens is 2. The van der Waals surface area contributed by atoms with Gasteiger partial charge in [0.1, 0.15) is 29.6 Å². The average molecular weight is 415 g/mol. The van der Waals surface area contributed by atoms with Gasteiger partial charge < -0.3 is 9.47 Å². The molecule has 0 atom stereocenters. The van der Waals surface area contributed by atoms with Crippen LogP contribution in [0.5, 0.6) is 11.5 Å². The second-order valence-corrected chi connectivity index (χ2v) is 6.83. The molecule has 0 unspecified atom stereocenters. The van der Waals surface area contributed by atoms with Crippen LogP contribution in [0.4, 0.5) is 4.39 Å². The highest BCUT2D eigenvalue weighted by Gasteiger charge is 2.10. The van der Waals surface area contributed by atoms with E-state index in [1.165, 1.54) is 24.3 Å². The molecule has 0 N–H and O–H groups in total. The Bertz CT molecular complexity index is 1080. The number of carbonyl (C=O) groups excluding carboxylic acids is 1. The zero-order valence-electron chi connectivity index (χ0n) is 16.3. The number of hydrogen-bond donors (Lipinski definition) is 0. The number of allylic oxidation sites excluding steroid dienone is 1. The molecule has 1 aromatic heterocycles. The van der Waals surface area contributed by atoms with Gasteiger partial charge in [0.05, 0.1) is 17.8 Å². The molecule has 7 heteroatoms. The van der Waals surface area contributed by atoms with Crippen molar-refractivity contribution in [2.75, 3.05) is 7.11 Å². The van der Waals surface area contributed by atoms with Crippen LogP contribution in [0.1, 0.15) is 27.3 Å². The van der Waals surface area contributed by atoms with Crippen molar-refractivity contribution in [3.63, 3.8) is 0 Å². The lowest BCUT2D eigenvalue weighted by Crippen LogP contribution is -2.04. The molecule has 150 valence electrons. The van der Waals surface area contributed by atoms with Gasteiger partial charge in [-0.15, -0.1) is 0 Å². The Kier molecular flexibility index (Phi) is 6.34. The van der Waals surface area contributed by atoms with Crippen LogP contribution in [0.3, 0.4) is 0 Å². The molecule has 1 heterocycles. The monoisotopic (exact) mass is 414 g/mol. The minimum absolute atomic E-state index is 0.139. The van der Waals surface area contributed by atoms with Crippen molar-refractivity contribution in [3.05, 3.63) is 81.9 Å². The van der Waals surface area contributed by atoms with Crippen LogP contribution in [0.25, 0.3) is 6.08 Å². The van der Waals surface area contributed by atoms with Crippen molar-refractivity contribution < 1.29 is 18.7 Å². The summed E-state index contributed by atoms with van der Waals surface area (Å²) < 4.78 is 25.8.